The second-order valence-electron chi connectivity index (χ2n) is 7.56. The topological polar surface area (TPSA) is 136 Å². The van der Waals surface area contributed by atoms with Gasteiger partial charge in [0.15, 0.2) is 6.23 Å². The first-order valence-corrected chi connectivity index (χ1v) is 10.1. The summed E-state index contributed by atoms with van der Waals surface area (Å²) in [6.07, 6.45) is -7.55. The second kappa shape index (κ2) is 9.04. The molecule has 1 aromatic heterocycles. The first-order valence-electron chi connectivity index (χ1n) is 10.1. The van der Waals surface area contributed by atoms with Crippen molar-refractivity contribution in [1.82, 2.24) is 4.57 Å². The predicted molar refractivity (Wildman–Crippen MR) is 115 cm³/mol. The molecule has 2 aromatic carbocycles. The fourth-order valence-electron chi connectivity index (χ4n) is 3.96. The van der Waals surface area contributed by atoms with Crippen molar-refractivity contribution in [3.63, 3.8) is 0 Å². The number of pyridine rings is 1. The molecule has 0 radical (unpaired) electrons. The van der Waals surface area contributed by atoms with Gasteiger partial charge in [0.25, 0.3) is 5.56 Å². The lowest BCUT2D eigenvalue weighted by atomic mass is 9.95. The van der Waals surface area contributed by atoms with Crippen LogP contribution in [-0.4, -0.2) is 56.0 Å². The highest BCUT2D eigenvalue weighted by molar-refractivity contribution is 5.75. The summed E-state index contributed by atoms with van der Waals surface area (Å²) < 4.78 is 6.75. The smallest absolute Gasteiger partial charge is 0.271 e. The maximum atomic E-state index is 13.6. The van der Waals surface area contributed by atoms with E-state index < -0.39 is 42.8 Å². The van der Waals surface area contributed by atoms with Crippen LogP contribution in [0.2, 0.25) is 0 Å². The van der Waals surface area contributed by atoms with Gasteiger partial charge in [0.1, 0.15) is 36.0 Å². The Hall–Kier alpha value is -3.32. The van der Waals surface area contributed by atoms with E-state index in [9.17, 15) is 30.5 Å². The van der Waals surface area contributed by atoms with Crippen LogP contribution in [0.4, 0.5) is 0 Å². The first kappa shape index (κ1) is 21.9. The van der Waals surface area contributed by atoms with E-state index >= 15 is 0 Å². The molecule has 4 N–H and O–H groups in total. The number of benzene rings is 2. The van der Waals surface area contributed by atoms with Crippen molar-refractivity contribution in [2.75, 3.05) is 6.61 Å². The minimum atomic E-state index is -1.68. The SMILES string of the molecule is N#Cc1c(-c2ccccc2)cc(-c2ccccc2)n(C2OC(CO)C(O)C(O)C2O)c1=O. The minimum absolute atomic E-state index is 0.159. The van der Waals surface area contributed by atoms with E-state index in [1.165, 1.54) is 0 Å². The van der Waals surface area contributed by atoms with Crippen LogP contribution in [0.25, 0.3) is 22.4 Å². The molecule has 1 aliphatic heterocycles. The third kappa shape index (κ3) is 3.73. The normalized spacial score (nSPS) is 25.3. The Balaban J connectivity index is 2.00. The number of aliphatic hydroxyl groups is 4. The highest BCUT2D eigenvalue weighted by atomic mass is 16.6. The Morgan fingerprint density at radius 2 is 1.50 bits per heavy atom. The Bertz CT molecular complexity index is 1190. The Morgan fingerprint density at radius 1 is 0.906 bits per heavy atom. The van der Waals surface area contributed by atoms with Gasteiger partial charge in [0.2, 0.25) is 0 Å². The van der Waals surface area contributed by atoms with E-state index in [4.69, 9.17) is 4.74 Å². The van der Waals surface area contributed by atoms with Crippen molar-refractivity contribution in [3.05, 3.63) is 82.6 Å². The number of nitriles is 1. The monoisotopic (exact) mass is 434 g/mol. The van der Waals surface area contributed by atoms with Gasteiger partial charge in [-0.3, -0.25) is 9.36 Å². The average molecular weight is 434 g/mol. The zero-order chi connectivity index (χ0) is 22.8. The molecular weight excluding hydrogens is 412 g/mol. The van der Waals surface area contributed by atoms with E-state index in [-0.39, 0.29) is 5.56 Å². The molecule has 5 atom stereocenters. The molecule has 0 saturated carbocycles. The molecule has 1 aliphatic rings. The van der Waals surface area contributed by atoms with Crippen molar-refractivity contribution in [1.29, 1.82) is 5.26 Å². The van der Waals surface area contributed by atoms with Gasteiger partial charge in [0.05, 0.1) is 12.3 Å². The molecule has 2 heterocycles. The molecule has 164 valence electrons. The zero-order valence-corrected chi connectivity index (χ0v) is 16.9. The van der Waals surface area contributed by atoms with Crippen molar-refractivity contribution >= 4 is 0 Å². The molecule has 0 amide bonds. The van der Waals surface area contributed by atoms with Crippen LogP contribution in [0.3, 0.4) is 0 Å². The second-order valence-corrected chi connectivity index (χ2v) is 7.56. The summed E-state index contributed by atoms with van der Waals surface area (Å²) in [5.41, 5.74) is 1.16. The van der Waals surface area contributed by atoms with E-state index in [1.54, 1.807) is 54.6 Å². The van der Waals surface area contributed by atoms with E-state index in [2.05, 4.69) is 0 Å². The van der Waals surface area contributed by atoms with Gasteiger partial charge in [-0.1, -0.05) is 60.7 Å². The van der Waals surface area contributed by atoms with E-state index in [0.29, 0.717) is 22.4 Å². The van der Waals surface area contributed by atoms with Gasteiger partial charge in [-0.15, -0.1) is 0 Å². The number of aromatic nitrogens is 1. The highest BCUT2D eigenvalue weighted by Gasteiger charge is 2.45. The lowest BCUT2D eigenvalue weighted by Gasteiger charge is -2.41. The van der Waals surface area contributed by atoms with Crippen LogP contribution in [0.15, 0.2) is 71.5 Å². The molecule has 8 heteroatoms. The first-order chi connectivity index (χ1) is 15.5. The third-order valence-electron chi connectivity index (χ3n) is 5.63. The van der Waals surface area contributed by atoms with Gasteiger partial charge >= 0.3 is 0 Å². The van der Waals surface area contributed by atoms with Crippen LogP contribution < -0.4 is 5.56 Å². The zero-order valence-electron chi connectivity index (χ0n) is 16.9. The molecule has 4 rings (SSSR count). The van der Waals surface area contributed by atoms with Crippen LogP contribution >= 0.6 is 0 Å². The summed E-state index contributed by atoms with van der Waals surface area (Å²) in [6, 6.07) is 21.5. The number of ether oxygens (including phenoxy) is 1. The summed E-state index contributed by atoms with van der Waals surface area (Å²) in [7, 11) is 0. The minimum Gasteiger partial charge on any atom is -0.394 e. The van der Waals surface area contributed by atoms with E-state index in [0.717, 1.165) is 4.57 Å². The molecular formula is C24H22N2O6. The maximum absolute atomic E-state index is 13.6. The molecule has 0 bridgehead atoms. The van der Waals surface area contributed by atoms with Crippen LogP contribution in [0.1, 0.15) is 11.8 Å². The van der Waals surface area contributed by atoms with E-state index in [1.807, 2.05) is 18.2 Å². The molecule has 0 spiro atoms. The average Bonchev–Trinajstić information content (AvgIpc) is 2.84. The molecule has 1 saturated heterocycles. The van der Waals surface area contributed by atoms with Crippen molar-refractivity contribution in [2.45, 2.75) is 30.6 Å². The predicted octanol–water partition coefficient (Wildman–Crippen LogP) is 1.03. The Kier molecular flexibility index (Phi) is 6.19. The number of aliphatic hydroxyl groups excluding tert-OH is 4. The van der Waals surface area contributed by atoms with Gasteiger partial charge < -0.3 is 25.2 Å². The largest absolute Gasteiger partial charge is 0.394 e. The van der Waals surface area contributed by atoms with Crippen molar-refractivity contribution < 1.29 is 25.2 Å². The summed E-state index contributed by atoms with van der Waals surface area (Å²) >= 11 is 0. The van der Waals surface area contributed by atoms with Gasteiger partial charge in [0, 0.05) is 5.56 Å². The van der Waals surface area contributed by atoms with Crippen LogP contribution in [-0.2, 0) is 4.74 Å². The Morgan fingerprint density at radius 3 is 2.06 bits per heavy atom. The molecule has 0 aliphatic carbocycles. The lowest BCUT2D eigenvalue weighted by Crippen LogP contribution is -2.57. The lowest BCUT2D eigenvalue weighted by molar-refractivity contribution is -0.251. The molecule has 8 nitrogen and oxygen atoms in total. The van der Waals surface area contributed by atoms with Crippen molar-refractivity contribution in [3.8, 4) is 28.5 Å². The van der Waals surface area contributed by atoms with Crippen LogP contribution in [0, 0.1) is 11.3 Å². The number of nitrogens with zero attached hydrogens (tertiary/aromatic N) is 2. The third-order valence-corrected chi connectivity index (χ3v) is 5.63. The summed E-state index contributed by atoms with van der Waals surface area (Å²) in [6.45, 7) is -0.635. The molecule has 32 heavy (non-hydrogen) atoms. The quantitative estimate of drug-likeness (QED) is 0.481. The van der Waals surface area contributed by atoms with Gasteiger partial charge in [-0.2, -0.15) is 5.26 Å². The van der Waals surface area contributed by atoms with Gasteiger partial charge in [-0.05, 0) is 17.2 Å². The fraction of sp³-hybridized carbons (Fsp3) is 0.250. The number of hydrogen-bond acceptors (Lipinski definition) is 7. The summed E-state index contributed by atoms with van der Waals surface area (Å²) in [5, 5.41) is 50.4. The maximum Gasteiger partial charge on any atom is 0.271 e. The van der Waals surface area contributed by atoms with Crippen LogP contribution in [0.5, 0.6) is 0 Å². The fourth-order valence-corrected chi connectivity index (χ4v) is 3.96. The number of rotatable bonds is 4. The molecule has 1 fully saturated rings. The summed E-state index contributed by atoms with van der Waals surface area (Å²) in [4.78, 5) is 13.6. The highest BCUT2D eigenvalue weighted by Crippen LogP contribution is 2.34. The molecule has 3 aromatic rings. The Labute approximate surface area is 183 Å². The van der Waals surface area contributed by atoms with Crippen molar-refractivity contribution in [2.24, 2.45) is 0 Å². The molecule has 5 unspecified atom stereocenters. The van der Waals surface area contributed by atoms with Gasteiger partial charge in [-0.25, -0.2) is 0 Å². The summed E-state index contributed by atoms with van der Waals surface area (Å²) in [5.74, 6) is 0. The standard InChI is InChI=1S/C24H22N2O6/c25-12-17-16(14-7-3-1-4-8-14)11-18(15-9-5-2-6-10-15)26(23(17)31)24-22(30)21(29)20(28)19(13-27)32-24/h1-11,19-22,24,27-30H,13H2. The number of hydrogen-bond donors (Lipinski definition) is 4.